The maximum atomic E-state index is 13.8. The highest BCUT2D eigenvalue weighted by Gasteiger charge is 2.27. The Morgan fingerprint density at radius 3 is 2.52 bits per heavy atom. The van der Waals surface area contributed by atoms with Crippen molar-refractivity contribution in [2.24, 2.45) is 0 Å². The summed E-state index contributed by atoms with van der Waals surface area (Å²) in [7, 11) is 1.81. The minimum absolute atomic E-state index is 0.0631. The molecule has 134 valence electrons. The number of carbonyl (C=O) groups excluding carboxylic acids is 1. The highest BCUT2D eigenvalue weighted by atomic mass is 19.1. The molecule has 0 aliphatic carbocycles. The number of nitrogens with one attached hydrogen (secondary N) is 1. The largest absolute Gasteiger partial charge is 0.383 e. The van der Waals surface area contributed by atoms with Gasteiger partial charge in [-0.15, -0.1) is 0 Å². The van der Waals surface area contributed by atoms with Gasteiger partial charge in [0, 0.05) is 18.2 Å². The molecule has 25 heavy (non-hydrogen) atoms. The van der Waals surface area contributed by atoms with Gasteiger partial charge in [0.1, 0.15) is 17.2 Å². The van der Waals surface area contributed by atoms with E-state index in [4.69, 9.17) is 0 Å². The zero-order valence-electron chi connectivity index (χ0n) is 14.3. The quantitative estimate of drug-likeness (QED) is 0.808. The summed E-state index contributed by atoms with van der Waals surface area (Å²) in [5.41, 5.74) is -0.615. The molecule has 0 saturated carbocycles. The first-order valence-electron chi connectivity index (χ1n) is 7.95. The van der Waals surface area contributed by atoms with E-state index < -0.39 is 17.2 Å². The van der Waals surface area contributed by atoms with Crippen LogP contribution < -0.4 is 5.32 Å². The van der Waals surface area contributed by atoms with Crippen molar-refractivity contribution in [2.45, 2.75) is 19.1 Å². The third kappa shape index (κ3) is 5.62. The van der Waals surface area contributed by atoms with Crippen LogP contribution in [-0.4, -0.2) is 36.1 Å². The normalized spacial score (nSPS) is 13.5. The van der Waals surface area contributed by atoms with Crippen molar-refractivity contribution in [3.63, 3.8) is 0 Å². The first kappa shape index (κ1) is 19.0. The van der Waals surface area contributed by atoms with Gasteiger partial charge in [-0.25, -0.2) is 8.78 Å². The summed E-state index contributed by atoms with van der Waals surface area (Å²) in [6.45, 7) is 1.94. The average Bonchev–Trinajstić information content (AvgIpc) is 2.53. The molecule has 6 heteroatoms. The highest BCUT2D eigenvalue weighted by Crippen LogP contribution is 2.23. The van der Waals surface area contributed by atoms with E-state index in [9.17, 15) is 18.7 Å². The molecule has 1 amide bonds. The monoisotopic (exact) mass is 348 g/mol. The maximum Gasteiger partial charge on any atom is 0.234 e. The van der Waals surface area contributed by atoms with Crippen molar-refractivity contribution in [2.75, 3.05) is 20.1 Å². The van der Waals surface area contributed by atoms with Crippen LogP contribution in [0.25, 0.3) is 0 Å². The zero-order valence-corrected chi connectivity index (χ0v) is 14.3. The van der Waals surface area contributed by atoms with Crippen LogP contribution in [0.15, 0.2) is 48.5 Å². The van der Waals surface area contributed by atoms with Crippen LogP contribution in [0.1, 0.15) is 18.1 Å². The molecule has 0 fully saturated rings. The number of likely N-dealkylation sites (N-methyl/N-ethyl adjacent to an activating group) is 1. The number of hydrogen-bond acceptors (Lipinski definition) is 3. The molecule has 2 aromatic carbocycles. The molecule has 0 saturated heterocycles. The molecule has 0 heterocycles. The standard InChI is InChI=1S/C19H22F2N2O2/c1-19(25,16-9-8-15(20)10-17(16)21)13-22-18(24)12-23(2)11-14-6-4-3-5-7-14/h3-10,25H,11-13H2,1-2H3,(H,22,24). The minimum Gasteiger partial charge on any atom is -0.383 e. The smallest absolute Gasteiger partial charge is 0.234 e. The predicted octanol–water partition coefficient (Wildman–Crippen LogP) is 2.42. The van der Waals surface area contributed by atoms with Gasteiger partial charge in [0.05, 0.1) is 13.1 Å². The fourth-order valence-electron chi connectivity index (χ4n) is 2.54. The molecular weight excluding hydrogens is 326 g/mol. The summed E-state index contributed by atoms with van der Waals surface area (Å²) < 4.78 is 26.8. The molecule has 0 radical (unpaired) electrons. The molecule has 0 aromatic heterocycles. The molecule has 0 spiro atoms. The van der Waals surface area contributed by atoms with Gasteiger partial charge in [-0.3, -0.25) is 9.69 Å². The van der Waals surface area contributed by atoms with Crippen LogP contribution >= 0.6 is 0 Å². The highest BCUT2D eigenvalue weighted by molar-refractivity contribution is 5.78. The number of nitrogens with zero attached hydrogens (tertiary/aromatic N) is 1. The van der Waals surface area contributed by atoms with Gasteiger partial charge in [0.15, 0.2) is 0 Å². The molecule has 1 atom stereocenters. The summed E-state index contributed by atoms with van der Waals surface area (Å²) in [5, 5.41) is 13.0. The molecule has 0 bridgehead atoms. The van der Waals surface area contributed by atoms with Gasteiger partial charge in [-0.2, -0.15) is 0 Å². The Morgan fingerprint density at radius 1 is 1.20 bits per heavy atom. The topological polar surface area (TPSA) is 52.6 Å². The van der Waals surface area contributed by atoms with Gasteiger partial charge in [-0.1, -0.05) is 36.4 Å². The number of benzene rings is 2. The fourth-order valence-corrected chi connectivity index (χ4v) is 2.54. The molecule has 0 aliphatic heterocycles. The second-order valence-electron chi connectivity index (χ2n) is 6.33. The average molecular weight is 348 g/mol. The summed E-state index contributed by atoms with van der Waals surface area (Å²) in [4.78, 5) is 13.9. The van der Waals surface area contributed by atoms with Gasteiger partial charge in [0.2, 0.25) is 5.91 Å². The summed E-state index contributed by atoms with van der Waals surface area (Å²) in [6.07, 6.45) is 0. The number of aliphatic hydroxyl groups is 1. The van der Waals surface area contributed by atoms with Crippen molar-refractivity contribution in [3.8, 4) is 0 Å². The Hall–Kier alpha value is -2.31. The van der Waals surface area contributed by atoms with Crippen molar-refractivity contribution < 1.29 is 18.7 Å². The Labute approximate surface area is 146 Å². The van der Waals surface area contributed by atoms with E-state index in [1.165, 1.54) is 13.0 Å². The lowest BCUT2D eigenvalue weighted by molar-refractivity contribution is -0.123. The number of halogens is 2. The lowest BCUT2D eigenvalue weighted by atomic mass is 9.95. The van der Waals surface area contributed by atoms with Crippen molar-refractivity contribution in [1.82, 2.24) is 10.2 Å². The van der Waals surface area contributed by atoms with Crippen molar-refractivity contribution >= 4 is 5.91 Å². The van der Waals surface area contributed by atoms with E-state index in [1.807, 2.05) is 42.3 Å². The summed E-state index contributed by atoms with van der Waals surface area (Å²) in [5.74, 6) is -1.86. The summed E-state index contributed by atoms with van der Waals surface area (Å²) in [6, 6.07) is 12.7. The second kappa shape index (κ2) is 8.18. The van der Waals surface area contributed by atoms with E-state index in [1.54, 1.807) is 0 Å². The molecule has 2 aromatic rings. The fraction of sp³-hybridized carbons (Fsp3) is 0.316. The molecule has 2 N–H and O–H groups in total. The lowest BCUT2D eigenvalue weighted by Crippen LogP contribution is -2.42. The van der Waals surface area contributed by atoms with Crippen LogP contribution in [0.3, 0.4) is 0 Å². The zero-order chi connectivity index (χ0) is 18.4. The van der Waals surface area contributed by atoms with Gasteiger partial charge in [-0.05, 0) is 25.6 Å². The summed E-state index contributed by atoms with van der Waals surface area (Å²) >= 11 is 0. The van der Waals surface area contributed by atoms with Gasteiger partial charge >= 0.3 is 0 Å². The number of rotatable bonds is 7. The number of carbonyl (C=O) groups is 1. The minimum atomic E-state index is -1.63. The van der Waals surface area contributed by atoms with E-state index in [0.29, 0.717) is 12.6 Å². The first-order chi connectivity index (χ1) is 11.8. The van der Waals surface area contributed by atoms with Crippen LogP contribution in [-0.2, 0) is 16.9 Å². The van der Waals surface area contributed by atoms with E-state index in [-0.39, 0.29) is 24.6 Å². The molecular formula is C19H22F2N2O2. The number of amides is 1. The van der Waals surface area contributed by atoms with Crippen LogP contribution in [0.4, 0.5) is 8.78 Å². The molecule has 2 rings (SSSR count). The molecule has 4 nitrogen and oxygen atoms in total. The second-order valence-corrected chi connectivity index (χ2v) is 6.33. The Bertz CT molecular complexity index is 721. The van der Waals surface area contributed by atoms with E-state index >= 15 is 0 Å². The Morgan fingerprint density at radius 2 is 1.88 bits per heavy atom. The van der Waals surface area contributed by atoms with E-state index in [2.05, 4.69) is 5.32 Å². The van der Waals surface area contributed by atoms with Crippen LogP contribution in [0, 0.1) is 11.6 Å². The SMILES string of the molecule is CN(CC(=O)NCC(C)(O)c1ccc(F)cc1F)Cc1ccccc1. The number of hydrogen-bond donors (Lipinski definition) is 2. The Kier molecular flexibility index (Phi) is 6.22. The lowest BCUT2D eigenvalue weighted by Gasteiger charge is -2.25. The van der Waals surface area contributed by atoms with E-state index in [0.717, 1.165) is 11.6 Å². The van der Waals surface area contributed by atoms with Crippen LogP contribution in [0.5, 0.6) is 0 Å². The Balaban J connectivity index is 1.88. The third-order valence-electron chi connectivity index (χ3n) is 3.85. The predicted molar refractivity (Wildman–Crippen MR) is 91.7 cm³/mol. The van der Waals surface area contributed by atoms with Crippen LogP contribution in [0.2, 0.25) is 0 Å². The first-order valence-corrected chi connectivity index (χ1v) is 7.95. The van der Waals surface area contributed by atoms with Crippen molar-refractivity contribution in [3.05, 3.63) is 71.3 Å². The third-order valence-corrected chi connectivity index (χ3v) is 3.85. The molecule has 1 unspecified atom stereocenters. The molecule has 0 aliphatic rings. The van der Waals surface area contributed by atoms with Crippen molar-refractivity contribution in [1.29, 1.82) is 0 Å². The van der Waals surface area contributed by atoms with Gasteiger partial charge < -0.3 is 10.4 Å². The maximum absolute atomic E-state index is 13.8. The van der Waals surface area contributed by atoms with Gasteiger partial charge in [0.25, 0.3) is 0 Å².